The fourth-order valence-electron chi connectivity index (χ4n) is 6.58. The number of alkyl halides is 3. The third-order valence-electron chi connectivity index (χ3n) is 9.14. The van der Waals surface area contributed by atoms with Crippen molar-refractivity contribution in [3.8, 4) is 11.5 Å². The van der Waals surface area contributed by atoms with Crippen LogP contribution < -0.4 is 20.1 Å². The van der Waals surface area contributed by atoms with E-state index < -0.39 is 32.5 Å². The van der Waals surface area contributed by atoms with Gasteiger partial charge in [-0.05, 0) is 93.7 Å². The highest BCUT2D eigenvalue weighted by Crippen LogP contribution is 2.42. The number of ether oxygens (including phenoxy) is 2. The monoisotopic (exact) mass is 703 g/mol. The normalized spacial score (nSPS) is 19.6. The lowest BCUT2D eigenvalue weighted by atomic mass is 9.76. The van der Waals surface area contributed by atoms with Crippen LogP contribution in [-0.4, -0.2) is 70.9 Å². The number of rotatable bonds is 11. The molecule has 2 N–H and O–H groups in total. The Bertz CT molecular complexity index is 1830. The molecule has 0 bridgehead atoms. The van der Waals surface area contributed by atoms with Crippen molar-refractivity contribution in [1.82, 2.24) is 14.5 Å². The fourth-order valence-corrected chi connectivity index (χ4v) is 8.14. The van der Waals surface area contributed by atoms with Crippen molar-refractivity contribution in [2.24, 2.45) is 4.99 Å². The lowest BCUT2D eigenvalue weighted by Gasteiger charge is -2.41. The van der Waals surface area contributed by atoms with Gasteiger partial charge in [0.15, 0.2) is 0 Å². The van der Waals surface area contributed by atoms with E-state index in [0.717, 1.165) is 10.4 Å². The van der Waals surface area contributed by atoms with Crippen LogP contribution in [0.2, 0.25) is 0 Å². The molecule has 1 saturated carbocycles. The van der Waals surface area contributed by atoms with Crippen LogP contribution in [-0.2, 0) is 22.7 Å². The molecule has 0 amide bonds. The minimum atomic E-state index is -4.47. The van der Waals surface area contributed by atoms with E-state index in [9.17, 15) is 21.6 Å². The average Bonchev–Trinajstić information content (AvgIpc) is 3.08. The van der Waals surface area contributed by atoms with Crippen LogP contribution in [0.5, 0.6) is 11.5 Å². The number of likely N-dealkylation sites (N-methyl/N-ethyl adjacent to an activating group) is 1. The Labute approximate surface area is 284 Å². The molecule has 0 saturated heterocycles. The third-order valence-corrected chi connectivity index (χ3v) is 10.9. The highest BCUT2D eigenvalue weighted by molar-refractivity contribution is 7.89. The molecule has 3 aromatic carbocycles. The Morgan fingerprint density at radius 3 is 2.45 bits per heavy atom. The Morgan fingerprint density at radius 2 is 1.80 bits per heavy atom. The van der Waals surface area contributed by atoms with Crippen LogP contribution in [0.4, 0.5) is 23.2 Å². The van der Waals surface area contributed by atoms with Gasteiger partial charge in [-0.2, -0.15) is 13.2 Å². The predicted molar refractivity (Wildman–Crippen MR) is 181 cm³/mol. The maximum Gasteiger partial charge on any atom is 0.416 e. The molecule has 14 heteroatoms. The van der Waals surface area contributed by atoms with E-state index >= 15 is 4.39 Å². The second-order valence-electron chi connectivity index (χ2n) is 12.4. The molecule has 264 valence electrons. The van der Waals surface area contributed by atoms with Crippen molar-refractivity contribution in [3.63, 3.8) is 0 Å². The van der Waals surface area contributed by atoms with Crippen molar-refractivity contribution in [2.75, 3.05) is 40.3 Å². The molecular weight excluding hydrogens is 662 g/mol. The third kappa shape index (κ3) is 7.80. The fraction of sp³-hybridized carbons (Fsp3) is 0.400. The molecule has 5 rings (SSSR count). The molecule has 1 aliphatic carbocycles. The van der Waals surface area contributed by atoms with Crippen molar-refractivity contribution in [1.29, 1.82) is 0 Å². The largest absolute Gasteiger partial charge is 0.497 e. The van der Waals surface area contributed by atoms with Gasteiger partial charge in [-0.25, -0.2) is 17.1 Å². The maximum absolute atomic E-state index is 16.0. The Kier molecular flexibility index (Phi) is 10.8. The number of allylic oxidation sites excluding steroid dienone is 1. The molecule has 1 heterocycles. The van der Waals surface area contributed by atoms with Crippen LogP contribution in [0, 0.1) is 12.7 Å². The summed E-state index contributed by atoms with van der Waals surface area (Å²) in [6.07, 6.45) is 0.0107. The van der Waals surface area contributed by atoms with Crippen molar-refractivity contribution < 1.29 is 35.5 Å². The van der Waals surface area contributed by atoms with Crippen molar-refractivity contribution in [3.05, 3.63) is 94.6 Å². The molecular formula is C35H41F4N5O4S. The molecule has 3 atom stereocenters. The summed E-state index contributed by atoms with van der Waals surface area (Å²) in [7, 11) is 2.24. The Hall–Kier alpha value is -4.30. The van der Waals surface area contributed by atoms with E-state index in [1.165, 1.54) is 44.7 Å². The number of methoxy groups -OCH3 is 2. The molecule has 2 aliphatic rings. The van der Waals surface area contributed by atoms with Gasteiger partial charge in [0, 0.05) is 35.6 Å². The lowest BCUT2D eigenvalue weighted by molar-refractivity contribution is -0.138. The van der Waals surface area contributed by atoms with Gasteiger partial charge >= 0.3 is 6.18 Å². The highest BCUT2D eigenvalue weighted by atomic mass is 32.2. The number of aryl methyl sites for hydroxylation is 1. The minimum absolute atomic E-state index is 0.138. The summed E-state index contributed by atoms with van der Waals surface area (Å²) >= 11 is 0. The van der Waals surface area contributed by atoms with Gasteiger partial charge in [0.2, 0.25) is 0 Å². The number of anilines is 1. The molecule has 1 fully saturated rings. The predicted octanol–water partition coefficient (Wildman–Crippen LogP) is 6.51. The van der Waals surface area contributed by atoms with Gasteiger partial charge in [-0.1, -0.05) is 18.2 Å². The molecule has 1 aliphatic heterocycles. The first-order valence-electron chi connectivity index (χ1n) is 15.8. The first-order chi connectivity index (χ1) is 23.2. The zero-order valence-corrected chi connectivity index (χ0v) is 28.8. The summed E-state index contributed by atoms with van der Waals surface area (Å²) in [4.78, 5) is 5.52. The van der Waals surface area contributed by atoms with Crippen molar-refractivity contribution in [2.45, 2.75) is 61.8 Å². The van der Waals surface area contributed by atoms with Crippen LogP contribution in [0.1, 0.15) is 47.4 Å². The highest BCUT2D eigenvalue weighted by Gasteiger charge is 2.39. The number of nitrogens with zero attached hydrogens (tertiary/aromatic N) is 3. The molecule has 9 nitrogen and oxygen atoms in total. The molecule has 0 aromatic heterocycles. The van der Waals surface area contributed by atoms with Gasteiger partial charge in [0.25, 0.3) is 10.0 Å². The maximum atomic E-state index is 16.0. The Balaban J connectivity index is 1.43. The lowest BCUT2D eigenvalue weighted by Crippen LogP contribution is -2.47. The van der Waals surface area contributed by atoms with E-state index in [2.05, 4.69) is 15.6 Å². The molecule has 0 spiro atoms. The number of benzene rings is 3. The topological polar surface area (TPSA) is 95.5 Å². The van der Waals surface area contributed by atoms with E-state index in [-0.39, 0.29) is 42.6 Å². The van der Waals surface area contributed by atoms with Crippen LogP contribution in [0.15, 0.2) is 76.4 Å². The van der Waals surface area contributed by atoms with Gasteiger partial charge in [-0.15, -0.1) is 0 Å². The number of nitrogens with one attached hydrogen (secondary N) is 2. The zero-order valence-electron chi connectivity index (χ0n) is 28.0. The summed E-state index contributed by atoms with van der Waals surface area (Å²) in [5.41, 5.74) is 1.09. The van der Waals surface area contributed by atoms with E-state index in [4.69, 9.17) is 9.47 Å². The van der Waals surface area contributed by atoms with E-state index in [0.29, 0.717) is 47.6 Å². The van der Waals surface area contributed by atoms with Crippen LogP contribution in [0.25, 0.3) is 0 Å². The summed E-state index contributed by atoms with van der Waals surface area (Å²) in [5, 5.41) is 6.35. The van der Waals surface area contributed by atoms with Gasteiger partial charge in [-0.3, -0.25) is 4.99 Å². The number of halogens is 4. The SMILES string of the molecule is COc1ccc(CN(C2=CC=NCN2)S(=O)(=O)c2cc(C)c(NC3CC[C@H](c4ccccc4C(F)(F)F)C[C@@H]3N(C)C)cc2F)c(OC)c1. The number of aliphatic imine (C=N–C) groups is 1. The summed E-state index contributed by atoms with van der Waals surface area (Å²) in [5.74, 6) is -0.119. The van der Waals surface area contributed by atoms with Crippen LogP contribution >= 0.6 is 0 Å². The van der Waals surface area contributed by atoms with Gasteiger partial charge in [0.1, 0.15) is 34.7 Å². The molecule has 0 radical (unpaired) electrons. The van der Waals surface area contributed by atoms with Crippen molar-refractivity contribution >= 4 is 21.9 Å². The summed E-state index contributed by atoms with van der Waals surface area (Å²) < 4.78 is 97.8. The Morgan fingerprint density at radius 1 is 1.04 bits per heavy atom. The number of hydrogen-bond acceptors (Lipinski definition) is 8. The molecule has 3 aromatic rings. The van der Waals surface area contributed by atoms with E-state index in [1.54, 1.807) is 37.3 Å². The van der Waals surface area contributed by atoms with E-state index in [1.807, 2.05) is 19.0 Å². The summed E-state index contributed by atoms with van der Waals surface area (Å²) in [6.45, 7) is 1.66. The van der Waals surface area contributed by atoms with Gasteiger partial charge in [0.05, 0.1) is 26.3 Å². The average molecular weight is 704 g/mol. The van der Waals surface area contributed by atoms with Crippen LogP contribution in [0.3, 0.4) is 0 Å². The minimum Gasteiger partial charge on any atom is -0.497 e. The second-order valence-corrected chi connectivity index (χ2v) is 14.2. The molecule has 1 unspecified atom stereocenters. The quantitative estimate of drug-likeness (QED) is 0.220. The standard InChI is InChI=1S/C35H41F4N5O4S/c1-22-16-33(49(45,46)44(34-14-15-40-21-41-34)20-24-10-12-25(47-4)18-32(24)48-5)28(36)19-30(22)42-29-13-11-23(17-31(29)43(2)3)26-8-6-7-9-27(26)35(37,38)39/h6-10,12,14-16,18-19,23,29,31,41-42H,11,13,17,20-21H2,1-5H3/t23-,29?,31-/m0/s1. The number of sulfonamides is 1. The van der Waals surface area contributed by atoms with Gasteiger partial charge < -0.3 is 25.0 Å². The summed E-state index contributed by atoms with van der Waals surface area (Å²) in [6, 6.07) is 12.8. The first-order valence-corrected chi connectivity index (χ1v) is 17.3. The first kappa shape index (κ1) is 36.0. The molecule has 49 heavy (non-hydrogen) atoms. The smallest absolute Gasteiger partial charge is 0.416 e. The zero-order chi connectivity index (χ0) is 35.5. The second kappa shape index (κ2) is 14.7. The number of hydrogen-bond donors (Lipinski definition) is 2.